The number of hydrogen-bond acceptors (Lipinski definition) is 8. The Morgan fingerprint density at radius 3 is 1.97 bits per heavy atom. The average Bonchev–Trinajstić information content (AvgIpc) is 3.32. The smallest absolute Gasteiger partial charge is 0.228 e. The van der Waals surface area contributed by atoms with Gasteiger partial charge in [-0.15, -0.1) is 20.4 Å². The molecule has 0 unspecified atom stereocenters. The molecule has 29 heavy (non-hydrogen) atoms. The Hall–Kier alpha value is -1.94. The molecule has 0 radical (unpaired) electrons. The second-order valence-corrected chi connectivity index (χ2v) is 10.5. The van der Waals surface area contributed by atoms with Gasteiger partial charge in [-0.3, -0.25) is 9.59 Å². The number of nitrogens with one attached hydrogen (secondary N) is 2. The van der Waals surface area contributed by atoms with Gasteiger partial charge in [-0.25, -0.2) is 0 Å². The molecule has 2 amide bonds. The molecular weight excluding hydrogens is 408 g/mol. The second-order valence-electron chi connectivity index (χ2n) is 8.48. The summed E-state index contributed by atoms with van der Waals surface area (Å²) in [4.78, 5) is 23.7. The first-order valence-corrected chi connectivity index (χ1v) is 11.6. The van der Waals surface area contributed by atoms with Crippen LogP contribution in [0.5, 0.6) is 0 Å². The Kier molecular flexibility index (Phi) is 6.62. The van der Waals surface area contributed by atoms with Gasteiger partial charge >= 0.3 is 0 Å². The molecule has 2 heterocycles. The van der Waals surface area contributed by atoms with Crippen molar-refractivity contribution in [3.63, 3.8) is 0 Å². The van der Waals surface area contributed by atoms with Crippen molar-refractivity contribution in [1.29, 1.82) is 0 Å². The van der Waals surface area contributed by atoms with Gasteiger partial charge < -0.3 is 10.6 Å². The zero-order valence-corrected chi connectivity index (χ0v) is 19.1. The van der Waals surface area contributed by atoms with Gasteiger partial charge in [-0.1, -0.05) is 57.3 Å². The second kappa shape index (κ2) is 8.83. The van der Waals surface area contributed by atoms with Crippen molar-refractivity contribution >= 4 is 44.8 Å². The van der Waals surface area contributed by atoms with Crippen LogP contribution in [0.25, 0.3) is 0 Å². The first kappa shape index (κ1) is 21.8. The summed E-state index contributed by atoms with van der Waals surface area (Å²) >= 11 is 2.94. The summed E-state index contributed by atoms with van der Waals surface area (Å²) in [5.41, 5.74) is -0.0473. The van der Waals surface area contributed by atoms with E-state index < -0.39 is 0 Å². The molecule has 1 aliphatic rings. The number of aromatic nitrogens is 4. The minimum atomic E-state index is -0.0875. The summed E-state index contributed by atoms with van der Waals surface area (Å²) in [6.07, 6.45) is 3.91. The summed E-state index contributed by atoms with van der Waals surface area (Å²) in [5.74, 6) is 0.0902. The van der Waals surface area contributed by atoms with Gasteiger partial charge in [0.2, 0.25) is 22.1 Å². The fourth-order valence-electron chi connectivity index (χ4n) is 3.18. The zero-order valence-electron chi connectivity index (χ0n) is 17.5. The van der Waals surface area contributed by atoms with Crippen LogP contribution in [0, 0.1) is 11.8 Å². The predicted molar refractivity (Wildman–Crippen MR) is 115 cm³/mol. The third kappa shape index (κ3) is 5.16. The number of rotatable bonds is 6. The Balaban J connectivity index is 1.60. The maximum atomic E-state index is 11.9. The monoisotopic (exact) mass is 436 g/mol. The number of carbonyl (C=O) groups is 2. The summed E-state index contributed by atoms with van der Waals surface area (Å²) in [6.45, 7) is 9.63. The van der Waals surface area contributed by atoms with E-state index in [0.29, 0.717) is 16.2 Å². The van der Waals surface area contributed by atoms with E-state index in [1.807, 2.05) is 27.7 Å². The highest BCUT2D eigenvalue weighted by Gasteiger charge is 2.37. The van der Waals surface area contributed by atoms with Gasteiger partial charge in [-0.05, 0) is 25.7 Å². The highest BCUT2D eigenvalue weighted by molar-refractivity contribution is 7.15. The SMILES string of the molecule is CC(C)C(=O)Nc1nnc(C2CCC(C)(c3nnc(NC(=O)C(C)C)s3)CC2)s1. The molecule has 158 valence electrons. The van der Waals surface area contributed by atoms with Crippen LogP contribution < -0.4 is 10.6 Å². The van der Waals surface area contributed by atoms with Gasteiger partial charge in [0.1, 0.15) is 10.0 Å². The van der Waals surface area contributed by atoms with Crippen molar-refractivity contribution in [3.05, 3.63) is 10.0 Å². The lowest BCUT2D eigenvalue weighted by Crippen LogP contribution is -2.27. The summed E-state index contributed by atoms with van der Waals surface area (Å²) in [7, 11) is 0. The lowest BCUT2D eigenvalue weighted by atomic mass is 9.72. The fourth-order valence-corrected chi connectivity index (χ4v) is 5.05. The molecule has 0 aromatic carbocycles. The van der Waals surface area contributed by atoms with Crippen molar-refractivity contribution in [1.82, 2.24) is 20.4 Å². The molecule has 8 nitrogen and oxygen atoms in total. The van der Waals surface area contributed by atoms with E-state index in [4.69, 9.17) is 0 Å². The van der Waals surface area contributed by atoms with Gasteiger partial charge in [0.25, 0.3) is 0 Å². The van der Waals surface area contributed by atoms with Crippen LogP contribution in [0.2, 0.25) is 0 Å². The third-order valence-electron chi connectivity index (χ3n) is 5.33. The largest absolute Gasteiger partial charge is 0.300 e. The van der Waals surface area contributed by atoms with E-state index in [2.05, 4.69) is 38.0 Å². The van der Waals surface area contributed by atoms with Crippen molar-refractivity contribution in [2.24, 2.45) is 11.8 Å². The number of nitrogens with zero attached hydrogens (tertiary/aromatic N) is 4. The standard InChI is InChI=1S/C19H28N6O2S2/c1-10(2)13(26)20-17-24-22-15(28-17)12-6-8-19(5,9-7-12)16-23-25-18(29-16)21-14(27)11(3)4/h10-12H,6-9H2,1-5H3,(H,20,24,26)(H,21,25,27). The Labute approximate surface area is 178 Å². The lowest BCUT2D eigenvalue weighted by Gasteiger charge is -2.34. The van der Waals surface area contributed by atoms with Gasteiger partial charge in [0.05, 0.1) is 0 Å². The first-order chi connectivity index (χ1) is 13.7. The Morgan fingerprint density at radius 1 is 0.897 bits per heavy atom. The van der Waals surface area contributed by atoms with Crippen molar-refractivity contribution in [3.8, 4) is 0 Å². The number of amides is 2. The van der Waals surface area contributed by atoms with E-state index >= 15 is 0 Å². The molecule has 1 saturated carbocycles. The van der Waals surface area contributed by atoms with E-state index in [1.54, 1.807) is 0 Å². The maximum Gasteiger partial charge on any atom is 0.228 e. The summed E-state index contributed by atoms with van der Waals surface area (Å²) in [6, 6.07) is 0. The molecular formula is C19H28N6O2S2. The zero-order chi connectivity index (χ0) is 21.2. The normalized spacial score (nSPS) is 22.1. The van der Waals surface area contributed by atoms with E-state index in [0.717, 1.165) is 35.7 Å². The van der Waals surface area contributed by atoms with Crippen molar-refractivity contribution < 1.29 is 9.59 Å². The molecule has 2 aromatic rings. The Morgan fingerprint density at radius 2 is 1.41 bits per heavy atom. The lowest BCUT2D eigenvalue weighted by molar-refractivity contribution is -0.119. The molecule has 0 atom stereocenters. The minimum absolute atomic E-state index is 0.0412. The molecule has 2 N–H and O–H groups in total. The first-order valence-electron chi connectivity index (χ1n) is 9.97. The molecule has 1 aliphatic carbocycles. The van der Waals surface area contributed by atoms with Crippen LogP contribution in [-0.2, 0) is 15.0 Å². The van der Waals surface area contributed by atoms with Crippen LogP contribution in [0.4, 0.5) is 10.3 Å². The minimum Gasteiger partial charge on any atom is -0.300 e. The molecule has 0 saturated heterocycles. The van der Waals surface area contributed by atoms with Gasteiger partial charge in [-0.2, -0.15) is 0 Å². The number of hydrogen-bond donors (Lipinski definition) is 2. The average molecular weight is 437 g/mol. The number of anilines is 2. The van der Waals surface area contributed by atoms with Crippen LogP contribution in [0.1, 0.15) is 76.2 Å². The van der Waals surface area contributed by atoms with Crippen LogP contribution in [-0.4, -0.2) is 32.2 Å². The van der Waals surface area contributed by atoms with Crippen molar-refractivity contribution in [2.75, 3.05) is 10.6 Å². The highest BCUT2D eigenvalue weighted by atomic mass is 32.1. The maximum absolute atomic E-state index is 11.9. The molecule has 0 spiro atoms. The van der Waals surface area contributed by atoms with E-state index in [-0.39, 0.29) is 29.1 Å². The molecule has 0 bridgehead atoms. The van der Waals surface area contributed by atoms with Crippen LogP contribution in [0.3, 0.4) is 0 Å². The molecule has 3 rings (SSSR count). The summed E-state index contributed by atoms with van der Waals surface area (Å²) < 4.78 is 0. The number of carbonyl (C=O) groups excluding carboxylic acids is 2. The van der Waals surface area contributed by atoms with E-state index in [9.17, 15) is 9.59 Å². The molecule has 1 fully saturated rings. The topological polar surface area (TPSA) is 110 Å². The molecule has 2 aromatic heterocycles. The van der Waals surface area contributed by atoms with Gasteiger partial charge in [0.15, 0.2) is 0 Å². The predicted octanol–water partition coefficient (Wildman–Crippen LogP) is 4.19. The van der Waals surface area contributed by atoms with E-state index in [1.165, 1.54) is 22.7 Å². The highest BCUT2D eigenvalue weighted by Crippen LogP contribution is 2.46. The van der Waals surface area contributed by atoms with Crippen LogP contribution >= 0.6 is 22.7 Å². The Bertz CT molecular complexity index is 868. The third-order valence-corrected chi connectivity index (χ3v) is 7.48. The quantitative estimate of drug-likeness (QED) is 0.702. The molecule has 10 heteroatoms. The fraction of sp³-hybridized carbons (Fsp3) is 0.684. The van der Waals surface area contributed by atoms with Gasteiger partial charge in [0, 0.05) is 23.2 Å². The summed E-state index contributed by atoms with van der Waals surface area (Å²) in [5, 5.41) is 25.7. The van der Waals surface area contributed by atoms with Crippen LogP contribution in [0.15, 0.2) is 0 Å². The molecule has 0 aliphatic heterocycles. The van der Waals surface area contributed by atoms with Crippen molar-refractivity contribution in [2.45, 2.75) is 71.6 Å².